The monoisotopic (exact) mass is 266 g/mol. The van der Waals surface area contributed by atoms with E-state index in [2.05, 4.69) is 37.9 Å². The molecule has 2 saturated heterocycles. The van der Waals surface area contributed by atoms with Gasteiger partial charge in [0.1, 0.15) is 0 Å². The lowest BCUT2D eigenvalue weighted by Gasteiger charge is -2.42. The molecule has 2 nitrogen and oxygen atoms in total. The van der Waals surface area contributed by atoms with Gasteiger partial charge in [0.05, 0.1) is 0 Å². The quantitative estimate of drug-likeness (QED) is 0.838. The number of nitrogens with zero attached hydrogens (tertiary/aromatic N) is 1. The van der Waals surface area contributed by atoms with Gasteiger partial charge in [-0.3, -0.25) is 0 Å². The Labute approximate surface area is 120 Å². The molecule has 0 aliphatic carbocycles. The van der Waals surface area contributed by atoms with Crippen LogP contribution in [-0.4, -0.2) is 36.6 Å². The second-order valence-electron chi connectivity index (χ2n) is 7.91. The third-order valence-corrected chi connectivity index (χ3v) is 5.42. The number of hydrogen-bond donors (Lipinski definition) is 1. The molecule has 0 amide bonds. The summed E-state index contributed by atoms with van der Waals surface area (Å²) in [7, 11) is 0. The van der Waals surface area contributed by atoms with Crippen LogP contribution in [0, 0.1) is 11.3 Å². The van der Waals surface area contributed by atoms with Gasteiger partial charge in [0.15, 0.2) is 0 Å². The Morgan fingerprint density at radius 2 is 1.79 bits per heavy atom. The van der Waals surface area contributed by atoms with Crippen LogP contribution in [0.15, 0.2) is 0 Å². The highest BCUT2D eigenvalue weighted by molar-refractivity contribution is 4.84. The zero-order valence-electron chi connectivity index (χ0n) is 13.5. The lowest BCUT2D eigenvalue weighted by atomic mass is 9.75. The molecule has 19 heavy (non-hydrogen) atoms. The molecule has 0 aromatic heterocycles. The van der Waals surface area contributed by atoms with E-state index in [4.69, 9.17) is 0 Å². The maximum Gasteiger partial charge on any atom is 0.00818 e. The fraction of sp³-hybridized carbons (Fsp3) is 1.00. The van der Waals surface area contributed by atoms with Gasteiger partial charge in [-0.25, -0.2) is 0 Å². The Hall–Kier alpha value is -0.0800. The lowest BCUT2D eigenvalue weighted by molar-refractivity contribution is 0.0800. The van der Waals surface area contributed by atoms with E-state index >= 15 is 0 Å². The van der Waals surface area contributed by atoms with E-state index in [1.54, 1.807) is 0 Å². The molecule has 2 aliphatic rings. The molecule has 2 unspecified atom stereocenters. The summed E-state index contributed by atoms with van der Waals surface area (Å²) < 4.78 is 0. The van der Waals surface area contributed by atoms with E-state index < -0.39 is 0 Å². The van der Waals surface area contributed by atoms with Crippen molar-refractivity contribution in [2.24, 2.45) is 11.3 Å². The van der Waals surface area contributed by atoms with E-state index in [1.165, 1.54) is 58.2 Å². The molecule has 1 N–H and O–H groups in total. The fourth-order valence-electron chi connectivity index (χ4n) is 3.89. The van der Waals surface area contributed by atoms with Gasteiger partial charge >= 0.3 is 0 Å². The molecule has 2 atom stereocenters. The minimum absolute atomic E-state index is 0.500. The molecule has 0 aromatic rings. The first-order valence-corrected chi connectivity index (χ1v) is 8.44. The maximum atomic E-state index is 3.70. The van der Waals surface area contributed by atoms with Crippen LogP contribution in [0.25, 0.3) is 0 Å². The first kappa shape index (κ1) is 15.3. The van der Waals surface area contributed by atoms with Crippen LogP contribution >= 0.6 is 0 Å². The van der Waals surface area contributed by atoms with Crippen molar-refractivity contribution in [1.82, 2.24) is 10.2 Å². The van der Waals surface area contributed by atoms with Crippen LogP contribution < -0.4 is 5.32 Å². The summed E-state index contributed by atoms with van der Waals surface area (Å²) in [5.74, 6) is 0.920. The number of nitrogens with one attached hydrogen (secondary N) is 1. The minimum atomic E-state index is 0.500. The van der Waals surface area contributed by atoms with Crippen LogP contribution in [0.4, 0.5) is 0 Å². The van der Waals surface area contributed by atoms with Gasteiger partial charge in [0.25, 0.3) is 0 Å². The Morgan fingerprint density at radius 3 is 2.32 bits per heavy atom. The predicted molar refractivity (Wildman–Crippen MR) is 83.5 cm³/mol. The van der Waals surface area contributed by atoms with Crippen molar-refractivity contribution in [2.75, 3.05) is 19.6 Å². The van der Waals surface area contributed by atoms with Crippen LogP contribution in [0.1, 0.15) is 66.2 Å². The van der Waals surface area contributed by atoms with Crippen molar-refractivity contribution in [2.45, 2.75) is 78.3 Å². The summed E-state index contributed by atoms with van der Waals surface area (Å²) in [6.07, 6.45) is 8.33. The Morgan fingerprint density at radius 1 is 1.11 bits per heavy atom. The second kappa shape index (κ2) is 6.58. The molecule has 0 spiro atoms. The summed E-state index contributed by atoms with van der Waals surface area (Å²) in [6.45, 7) is 13.5. The van der Waals surface area contributed by atoms with Crippen molar-refractivity contribution < 1.29 is 0 Å². The van der Waals surface area contributed by atoms with Crippen molar-refractivity contribution in [3.8, 4) is 0 Å². The Kier molecular flexibility index (Phi) is 5.30. The number of likely N-dealkylation sites (tertiary alicyclic amines) is 1. The van der Waals surface area contributed by atoms with Crippen molar-refractivity contribution in [1.29, 1.82) is 0 Å². The SMILES string of the molecule is CC(CC1CCCCN1)N1CCC(C(C)(C)C)CC1. The first-order chi connectivity index (χ1) is 8.97. The van der Waals surface area contributed by atoms with E-state index in [9.17, 15) is 0 Å². The molecule has 0 aromatic carbocycles. The molecule has 112 valence electrons. The molecule has 2 rings (SSSR count). The van der Waals surface area contributed by atoms with E-state index in [-0.39, 0.29) is 0 Å². The highest BCUT2D eigenvalue weighted by atomic mass is 15.2. The van der Waals surface area contributed by atoms with Crippen molar-refractivity contribution in [3.05, 3.63) is 0 Å². The molecule has 2 aliphatic heterocycles. The molecule has 2 heterocycles. The third kappa shape index (κ3) is 4.46. The van der Waals surface area contributed by atoms with Gasteiger partial charge in [0.2, 0.25) is 0 Å². The van der Waals surface area contributed by atoms with Crippen LogP contribution in [0.2, 0.25) is 0 Å². The van der Waals surface area contributed by atoms with Gasteiger partial charge < -0.3 is 10.2 Å². The summed E-state index contributed by atoms with van der Waals surface area (Å²) in [5, 5.41) is 3.70. The third-order valence-electron chi connectivity index (χ3n) is 5.42. The average molecular weight is 266 g/mol. The predicted octanol–water partition coefficient (Wildman–Crippen LogP) is 3.67. The van der Waals surface area contributed by atoms with Gasteiger partial charge in [-0.2, -0.15) is 0 Å². The van der Waals surface area contributed by atoms with Gasteiger partial charge in [-0.15, -0.1) is 0 Å². The summed E-state index contributed by atoms with van der Waals surface area (Å²) in [4.78, 5) is 2.73. The molecule has 2 heteroatoms. The average Bonchev–Trinajstić information content (AvgIpc) is 2.39. The normalized spacial score (nSPS) is 29.4. The van der Waals surface area contributed by atoms with Gasteiger partial charge in [-0.1, -0.05) is 27.2 Å². The maximum absolute atomic E-state index is 3.70. The molecule has 0 radical (unpaired) electrons. The molecule has 2 fully saturated rings. The van der Waals surface area contributed by atoms with Crippen molar-refractivity contribution in [3.63, 3.8) is 0 Å². The number of hydrogen-bond acceptors (Lipinski definition) is 2. The first-order valence-electron chi connectivity index (χ1n) is 8.44. The topological polar surface area (TPSA) is 15.3 Å². The Bertz CT molecular complexity index is 255. The second-order valence-corrected chi connectivity index (χ2v) is 7.91. The number of piperidine rings is 2. The smallest absolute Gasteiger partial charge is 0.00818 e. The van der Waals surface area contributed by atoms with E-state index in [0.29, 0.717) is 5.41 Å². The molecular formula is C17H34N2. The van der Waals surface area contributed by atoms with Crippen LogP contribution in [0.5, 0.6) is 0 Å². The molecule has 0 bridgehead atoms. The largest absolute Gasteiger partial charge is 0.314 e. The minimum Gasteiger partial charge on any atom is -0.314 e. The Balaban J connectivity index is 1.74. The summed E-state index contributed by atoms with van der Waals surface area (Å²) in [6, 6.07) is 1.54. The van der Waals surface area contributed by atoms with Gasteiger partial charge in [-0.05, 0) is 70.0 Å². The molecular weight excluding hydrogens is 232 g/mol. The van der Waals surface area contributed by atoms with E-state index in [1.807, 2.05) is 0 Å². The zero-order valence-corrected chi connectivity index (χ0v) is 13.5. The van der Waals surface area contributed by atoms with E-state index in [0.717, 1.165) is 18.0 Å². The highest BCUT2D eigenvalue weighted by Gasteiger charge is 2.30. The van der Waals surface area contributed by atoms with Gasteiger partial charge in [0, 0.05) is 12.1 Å². The van der Waals surface area contributed by atoms with Crippen LogP contribution in [-0.2, 0) is 0 Å². The molecule has 0 saturated carbocycles. The van der Waals surface area contributed by atoms with Crippen LogP contribution in [0.3, 0.4) is 0 Å². The highest BCUT2D eigenvalue weighted by Crippen LogP contribution is 2.35. The number of rotatable bonds is 3. The zero-order chi connectivity index (χ0) is 13.9. The standard InChI is InChI=1S/C17H34N2/c1-14(13-16-7-5-6-10-18-16)19-11-8-15(9-12-19)17(2,3)4/h14-16,18H,5-13H2,1-4H3. The summed E-state index contributed by atoms with van der Waals surface area (Å²) in [5.41, 5.74) is 0.500. The lowest BCUT2D eigenvalue weighted by Crippen LogP contribution is -2.46. The van der Waals surface area contributed by atoms with Crippen molar-refractivity contribution >= 4 is 0 Å². The summed E-state index contributed by atoms with van der Waals surface area (Å²) >= 11 is 0. The fourth-order valence-corrected chi connectivity index (χ4v) is 3.89.